The summed E-state index contributed by atoms with van der Waals surface area (Å²) in [6.45, 7) is 0.980. The van der Waals surface area contributed by atoms with Crippen LogP contribution in [0.25, 0.3) is 0 Å². The van der Waals surface area contributed by atoms with Crippen molar-refractivity contribution in [1.82, 2.24) is 4.98 Å². The summed E-state index contributed by atoms with van der Waals surface area (Å²) in [5.41, 5.74) is 5.34. The van der Waals surface area contributed by atoms with Crippen LogP contribution in [0.15, 0.2) is 95.8 Å². The molecular weight excluding hydrogens is 392 g/mol. The van der Waals surface area contributed by atoms with Crippen molar-refractivity contribution in [1.29, 1.82) is 0 Å². The van der Waals surface area contributed by atoms with Crippen molar-refractivity contribution >= 4 is 22.9 Å². The van der Waals surface area contributed by atoms with E-state index in [1.807, 2.05) is 77.0 Å². The average molecular weight is 415 g/mol. The maximum absolute atomic E-state index is 13.4. The highest BCUT2D eigenvalue weighted by molar-refractivity contribution is 7.07. The standard InChI is InChI=1S/C25H22N2O2S/c28-25(21-10-7-13-24(16-21)29-17-22-18-30-19-26-22)27(23-11-5-2-6-12-23)15-14-20-8-3-1-4-9-20/h1-13,16,18-19H,14-15,17H2. The van der Waals surface area contributed by atoms with Gasteiger partial charge in [0.1, 0.15) is 12.4 Å². The fraction of sp³-hybridized carbons (Fsp3) is 0.120. The lowest BCUT2D eigenvalue weighted by Gasteiger charge is -2.23. The third-order valence-electron chi connectivity index (χ3n) is 4.73. The molecule has 4 nitrogen and oxygen atoms in total. The second-order valence-electron chi connectivity index (χ2n) is 6.82. The normalized spacial score (nSPS) is 10.5. The number of thiazole rings is 1. The smallest absolute Gasteiger partial charge is 0.258 e. The topological polar surface area (TPSA) is 42.4 Å². The van der Waals surface area contributed by atoms with Gasteiger partial charge in [0, 0.05) is 23.2 Å². The summed E-state index contributed by atoms with van der Waals surface area (Å²) in [4.78, 5) is 19.5. The van der Waals surface area contributed by atoms with Gasteiger partial charge in [0.15, 0.2) is 0 Å². The Hall–Kier alpha value is -3.44. The zero-order valence-electron chi connectivity index (χ0n) is 16.5. The zero-order chi connectivity index (χ0) is 20.6. The van der Waals surface area contributed by atoms with Crippen LogP contribution in [0.3, 0.4) is 0 Å². The largest absolute Gasteiger partial charge is 0.487 e. The number of para-hydroxylation sites is 1. The second-order valence-corrected chi connectivity index (χ2v) is 7.54. The number of rotatable bonds is 8. The van der Waals surface area contributed by atoms with Crippen LogP contribution >= 0.6 is 11.3 Å². The minimum Gasteiger partial charge on any atom is -0.487 e. The fourth-order valence-electron chi connectivity index (χ4n) is 3.18. The van der Waals surface area contributed by atoms with Gasteiger partial charge in [0.2, 0.25) is 0 Å². The highest BCUT2D eigenvalue weighted by atomic mass is 32.1. The van der Waals surface area contributed by atoms with E-state index in [4.69, 9.17) is 4.74 Å². The van der Waals surface area contributed by atoms with Crippen LogP contribution in [0.5, 0.6) is 5.75 Å². The molecule has 4 aromatic rings. The number of nitrogens with zero attached hydrogens (tertiary/aromatic N) is 2. The first-order chi connectivity index (χ1) is 14.8. The number of hydrogen-bond acceptors (Lipinski definition) is 4. The van der Waals surface area contributed by atoms with Gasteiger partial charge in [-0.15, -0.1) is 11.3 Å². The highest BCUT2D eigenvalue weighted by Crippen LogP contribution is 2.21. The van der Waals surface area contributed by atoms with Gasteiger partial charge in [-0.2, -0.15) is 0 Å². The Morgan fingerprint density at radius 2 is 1.70 bits per heavy atom. The Kier molecular flexibility index (Phi) is 6.52. The van der Waals surface area contributed by atoms with Crippen molar-refractivity contribution in [3.8, 4) is 5.75 Å². The van der Waals surface area contributed by atoms with E-state index >= 15 is 0 Å². The number of hydrogen-bond donors (Lipinski definition) is 0. The molecule has 0 radical (unpaired) electrons. The van der Waals surface area contributed by atoms with Crippen molar-refractivity contribution < 1.29 is 9.53 Å². The van der Waals surface area contributed by atoms with Gasteiger partial charge in [-0.3, -0.25) is 4.79 Å². The fourth-order valence-corrected chi connectivity index (χ4v) is 3.73. The molecule has 0 aliphatic heterocycles. The molecule has 1 amide bonds. The molecule has 0 spiro atoms. The molecule has 0 bridgehead atoms. The van der Waals surface area contributed by atoms with E-state index in [1.165, 1.54) is 16.9 Å². The van der Waals surface area contributed by atoms with Crippen LogP contribution in [0.2, 0.25) is 0 Å². The van der Waals surface area contributed by atoms with E-state index in [2.05, 4.69) is 17.1 Å². The molecule has 1 heterocycles. The molecule has 0 fully saturated rings. The Bertz CT molecular complexity index is 1070. The van der Waals surface area contributed by atoms with Crippen LogP contribution in [-0.4, -0.2) is 17.4 Å². The molecule has 30 heavy (non-hydrogen) atoms. The molecule has 0 atom stereocenters. The first kappa shape index (κ1) is 19.9. The average Bonchev–Trinajstić information content (AvgIpc) is 3.33. The molecule has 3 aromatic carbocycles. The van der Waals surface area contributed by atoms with Crippen molar-refractivity contribution in [3.05, 3.63) is 113 Å². The molecule has 150 valence electrons. The number of amides is 1. The number of aromatic nitrogens is 1. The molecule has 0 aliphatic carbocycles. The Labute approximate surface area is 180 Å². The Morgan fingerprint density at radius 1 is 0.933 bits per heavy atom. The molecule has 0 unspecified atom stereocenters. The molecule has 0 saturated heterocycles. The van der Waals surface area contributed by atoms with E-state index in [9.17, 15) is 4.79 Å². The SMILES string of the molecule is O=C(c1cccc(OCc2cscn2)c1)N(CCc1ccccc1)c1ccccc1. The summed E-state index contributed by atoms with van der Waals surface area (Å²) >= 11 is 1.54. The van der Waals surface area contributed by atoms with E-state index in [0.29, 0.717) is 24.5 Å². The minimum atomic E-state index is -0.0451. The molecular formula is C25H22N2O2S. The number of carbonyl (C=O) groups excluding carboxylic acids is 1. The maximum Gasteiger partial charge on any atom is 0.258 e. The van der Waals surface area contributed by atoms with Gasteiger partial charge in [-0.25, -0.2) is 4.98 Å². The number of benzene rings is 3. The van der Waals surface area contributed by atoms with E-state index < -0.39 is 0 Å². The molecule has 0 N–H and O–H groups in total. The third-order valence-corrected chi connectivity index (χ3v) is 5.37. The van der Waals surface area contributed by atoms with E-state index in [-0.39, 0.29) is 5.91 Å². The molecule has 0 aliphatic rings. The Balaban J connectivity index is 1.52. The summed E-state index contributed by atoms with van der Waals surface area (Å²) < 4.78 is 5.83. The summed E-state index contributed by atoms with van der Waals surface area (Å²) in [7, 11) is 0. The lowest BCUT2D eigenvalue weighted by atomic mass is 10.1. The van der Waals surface area contributed by atoms with Gasteiger partial charge < -0.3 is 9.64 Å². The van der Waals surface area contributed by atoms with Gasteiger partial charge in [0.05, 0.1) is 11.2 Å². The van der Waals surface area contributed by atoms with E-state index in [1.54, 1.807) is 11.6 Å². The van der Waals surface area contributed by atoms with Crippen LogP contribution < -0.4 is 9.64 Å². The summed E-state index contributed by atoms with van der Waals surface area (Å²) in [6, 6.07) is 27.3. The molecule has 1 aromatic heterocycles. The van der Waals surface area contributed by atoms with Crippen LogP contribution in [-0.2, 0) is 13.0 Å². The van der Waals surface area contributed by atoms with Gasteiger partial charge in [-0.05, 0) is 42.3 Å². The molecule has 5 heteroatoms. The summed E-state index contributed by atoms with van der Waals surface area (Å²) in [5.74, 6) is 0.612. The predicted molar refractivity (Wildman–Crippen MR) is 121 cm³/mol. The summed E-state index contributed by atoms with van der Waals surface area (Å²) in [6.07, 6.45) is 0.779. The lowest BCUT2D eigenvalue weighted by Crippen LogP contribution is -2.33. The highest BCUT2D eigenvalue weighted by Gasteiger charge is 2.18. The number of anilines is 1. The minimum absolute atomic E-state index is 0.0451. The lowest BCUT2D eigenvalue weighted by molar-refractivity contribution is 0.0986. The van der Waals surface area contributed by atoms with Crippen molar-refractivity contribution in [2.24, 2.45) is 0 Å². The molecule has 0 saturated carbocycles. The van der Waals surface area contributed by atoms with Gasteiger partial charge in [0.25, 0.3) is 5.91 Å². The van der Waals surface area contributed by atoms with Gasteiger partial charge in [-0.1, -0.05) is 54.6 Å². The van der Waals surface area contributed by atoms with Crippen LogP contribution in [0.1, 0.15) is 21.6 Å². The first-order valence-corrected chi connectivity index (χ1v) is 10.7. The third kappa shape index (κ3) is 5.13. The van der Waals surface area contributed by atoms with Gasteiger partial charge >= 0.3 is 0 Å². The van der Waals surface area contributed by atoms with E-state index in [0.717, 1.165) is 17.8 Å². The van der Waals surface area contributed by atoms with Crippen molar-refractivity contribution in [2.45, 2.75) is 13.0 Å². The second kappa shape index (κ2) is 9.85. The van der Waals surface area contributed by atoms with Crippen molar-refractivity contribution in [2.75, 3.05) is 11.4 Å². The molecule has 4 rings (SSSR count). The van der Waals surface area contributed by atoms with Crippen molar-refractivity contribution in [3.63, 3.8) is 0 Å². The first-order valence-electron chi connectivity index (χ1n) is 9.80. The summed E-state index contributed by atoms with van der Waals surface area (Å²) in [5, 5.41) is 1.95. The predicted octanol–water partition coefficient (Wildman–Crippen LogP) is 5.61. The maximum atomic E-state index is 13.4. The van der Waals surface area contributed by atoms with Crippen LogP contribution in [0, 0.1) is 0 Å². The van der Waals surface area contributed by atoms with Crippen LogP contribution in [0.4, 0.5) is 5.69 Å². The number of carbonyl (C=O) groups is 1. The quantitative estimate of drug-likeness (QED) is 0.376. The monoisotopic (exact) mass is 414 g/mol. The Morgan fingerprint density at radius 3 is 2.43 bits per heavy atom. The number of ether oxygens (including phenoxy) is 1. The zero-order valence-corrected chi connectivity index (χ0v) is 17.3.